The number of tetrazole rings is 1. The van der Waals surface area contributed by atoms with Crippen molar-refractivity contribution in [2.24, 2.45) is 0 Å². The number of benzene rings is 2. The van der Waals surface area contributed by atoms with Crippen molar-refractivity contribution in [3.63, 3.8) is 0 Å². The molecule has 1 unspecified atom stereocenters. The Morgan fingerprint density at radius 3 is 2.71 bits per heavy atom. The molecule has 0 aliphatic carbocycles. The van der Waals surface area contributed by atoms with Crippen LogP contribution in [0.3, 0.4) is 0 Å². The van der Waals surface area contributed by atoms with E-state index in [-0.39, 0.29) is 11.8 Å². The van der Waals surface area contributed by atoms with Gasteiger partial charge in [-0.1, -0.05) is 48.9 Å². The van der Waals surface area contributed by atoms with Crippen LogP contribution < -0.4 is 5.32 Å². The number of amides is 1. The molecular formula is C17H16ClN5O. The molecule has 3 rings (SSSR count). The number of H-pyrrole nitrogens is 1. The molecule has 0 aliphatic heterocycles. The standard InChI is InChI=1S/C17H16ClN5O/c1-2-13(11-6-4-3-5-7-11)17(24)19-15-10-12(18)8-9-14(15)16-20-22-23-21-16/h3-10,13H,2H2,1H3,(H,19,24)(H,20,21,22,23). The van der Waals surface area contributed by atoms with Crippen LogP contribution in [0, 0.1) is 0 Å². The third-order valence-corrected chi connectivity index (χ3v) is 4.00. The smallest absolute Gasteiger partial charge is 0.231 e. The number of carbonyl (C=O) groups excluding carboxylic acids is 1. The second-order valence-electron chi connectivity index (χ2n) is 5.30. The van der Waals surface area contributed by atoms with Gasteiger partial charge in [0.25, 0.3) is 0 Å². The zero-order valence-electron chi connectivity index (χ0n) is 13.0. The van der Waals surface area contributed by atoms with Crippen molar-refractivity contribution in [3.05, 3.63) is 59.1 Å². The van der Waals surface area contributed by atoms with Crippen molar-refractivity contribution in [1.29, 1.82) is 0 Å². The molecule has 0 fully saturated rings. The molecule has 0 bridgehead atoms. The molecule has 1 amide bonds. The third-order valence-electron chi connectivity index (χ3n) is 3.77. The minimum Gasteiger partial charge on any atom is -0.325 e. The number of anilines is 1. The number of rotatable bonds is 5. The lowest BCUT2D eigenvalue weighted by atomic mass is 9.95. The van der Waals surface area contributed by atoms with Gasteiger partial charge < -0.3 is 5.32 Å². The number of aromatic nitrogens is 4. The molecule has 24 heavy (non-hydrogen) atoms. The Bertz CT molecular complexity index is 820. The van der Waals surface area contributed by atoms with Crippen LogP contribution in [-0.4, -0.2) is 26.5 Å². The van der Waals surface area contributed by atoms with E-state index < -0.39 is 0 Å². The van der Waals surface area contributed by atoms with Crippen LogP contribution in [-0.2, 0) is 4.79 Å². The molecule has 0 aliphatic rings. The van der Waals surface area contributed by atoms with Crippen molar-refractivity contribution >= 4 is 23.2 Å². The highest BCUT2D eigenvalue weighted by molar-refractivity contribution is 6.31. The SMILES string of the molecule is CCC(C(=O)Nc1cc(Cl)ccc1-c1nnn[nH]1)c1ccccc1. The van der Waals surface area contributed by atoms with E-state index >= 15 is 0 Å². The molecule has 7 heteroatoms. The summed E-state index contributed by atoms with van der Waals surface area (Å²) in [4.78, 5) is 12.8. The first-order valence-electron chi connectivity index (χ1n) is 7.58. The second-order valence-corrected chi connectivity index (χ2v) is 5.74. The molecule has 2 N–H and O–H groups in total. The summed E-state index contributed by atoms with van der Waals surface area (Å²) < 4.78 is 0. The van der Waals surface area contributed by atoms with Crippen LogP contribution in [0.4, 0.5) is 5.69 Å². The lowest BCUT2D eigenvalue weighted by Crippen LogP contribution is -2.21. The fourth-order valence-corrected chi connectivity index (χ4v) is 2.75. The molecule has 122 valence electrons. The molecule has 3 aromatic rings. The van der Waals surface area contributed by atoms with Crippen LogP contribution in [0.15, 0.2) is 48.5 Å². The van der Waals surface area contributed by atoms with Gasteiger partial charge in [-0.15, -0.1) is 5.10 Å². The summed E-state index contributed by atoms with van der Waals surface area (Å²) in [6.45, 7) is 1.98. The van der Waals surface area contributed by atoms with E-state index in [1.807, 2.05) is 37.3 Å². The number of hydrogen-bond donors (Lipinski definition) is 2. The van der Waals surface area contributed by atoms with Crippen molar-refractivity contribution < 1.29 is 4.79 Å². The van der Waals surface area contributed by atoms with Crippen LogP contribution >= 0.6 is 11.6 Å². The second kappa shape index (κ2) is 7.23. The van der Waals surface area contributed by atoms with Gasteiger partial charge in [-0.3, -0.25) is 4.79 Å². The number of carbonyl (C=O) groups is 1. The summed E-state index contributed by atoms with van der Waals surface area (Å²) in [7, 11) is 0. The topological polar surface area (TPSA) is 83.6 Å². The average Bonchev–Trinajstić information content (AvgIpc) is 3.11. The fraction of sp³-hybridized carbons (Fsp3) is 0.176. The normalized spacial score (nSPS) is 11.9. The summed E-state index contributed by atoms with van der Waals surface area (Å²) >= 11 is 6.08. The lowest BCUT2D eigenvalue weighted by Gasteiger charge is -2.17. The lowest BCUT2D eigenvalue weighted by molar-refractivity contribution is -0.117. The number of hydrogen-bond acceptors (Lipinski definition) is 4. The first-order valence-corrected chi connectivity index (χ1v) is 7.96. The monoisotopic (exact) mass is 341 g/mol. The maximum absolute atomic E-state index is 12.8. The van der Waals surface area contributed by atoms with Crippen molar-refractivity contribution in [2.45, 2.75) is 19.3 Å². The maximum Gasteiger partial charge on any atom is 0.231 e. The first kappa shape index (κ1) is 16.1. The van der Waals surface area contributed by atoms with E-state index in [2.05, 4.69) is 25.9 Å². The number of aromatic amines is 1. The zero-order valence-corrected chi connectivity index (χ0v) is 13.8. The number of nitrogens with one attached hydrogen (secondary N) is 2. The minimum atomic E-state index is -0.245. The van der Waals surface area contributed by atoms with E-state index in [1.54, 1.807) is 18.2 Å². The molecule has 1 atom stereocenters. The van der Waals surface area contributed by atoms with Crippen LogP contribution in [0.2, 0.25) is 5.02 Å². The highest BCUT2D eigenvalue weighted by Crippen LogP contribution is 2.30. The minimum absolute atomic E-state index is 0.0975. The van der Waals surface area contributed by atoms with Gasteiger partial charge in [-0.05, 0) is 40.6 Å². The molecule has 0 saturated heterocycles. The molecule has 1 heterocycles. The Kier molecular flexibility index (Phi) is 4.86. The zero-order chi connectivity index (χ0) is 16.9. The predicted octanol–water partition coefficient (Wildman–Crippen LogP) is 3.65. The van der Waals surface area contributed by atoms with Gasteiger partial charge in [0.1, 0.15) is 0 Å². The van der Waals surface area contributed by atoms with Gasteiger partial charge in [0.2, 0.25) is 5.91 Å². The van der Waals surface area contributed by atoms with Gasteiger partial charge in [0.05, 0.1) is 11.6 Å². The maximum atomic E-state index is 12.8. The molecule has 6 nitrogen and oxygen atoms in total. The number of halogens is 1. The Morgan fingerprint density at radius 2 is 2.04 bits per heavy atom. The Morgan fingerprint density at radius 1 is 1.25 bits per heavy atom. The highest BCUT2D eigenvalue weighted by atomic mass is 35.5. The largest absolute Gasteiger partial charge is 0.325 e. The van der Waals surface area contributed by atoms with Gasteiger partial charge in [-0.25, -0.2) is 5.10 Å². The van der Waals surface area contributed by atoms with E-state index in [4.69, 9.17) is 11.6 Å². The van der Waals surface area contributed by atoms with Crippen LogP contribution in [0.1, 0.15) is 24.8 Å². The summed E-state index contributed by atoms with van der Waals surface area (Å²) in [6, 6.07) is 14.9. The van der Waals surface area contributed by atoms with Crippen LogP contribution in [0.5, 0.6) is 0 Å². The first-order chi connectivity index (χ1) is 11.7. The summed E-state index contributed by atoms with van der Waals surface area (Å²) in [6.07, 6.45) is 0.690. The Hall–Kier alpha value is -2.73. The molecule has 0 radical (unpaired) electrons. The van der Waals surface area contributed by atoms with Crippen LogP contribution in [0.25, 0.3) is 11.4 Å². The summed E-state index contributed by atoms with van der Waals surface area (Å²) in [5, 5.41) is 17.2. The highest BCUT2D eigenvalue weighted by Gasteiger charge is 2.20. The summed E-state index contributed by atoms with van der Waals surface area (Å²) in [5.41, 5.74) is 2.23. The van der Waals surface area contributed by atoms with Crippen molar-refractivity contribution in [3.8, 4) is 11.4 Å². The van der Waals surface area contributed by atoms with E-state index in [1.165, 1.54) is 0 Å². The molecule has 2 aromatic carbocycles. The molecule has 0 spiro atoms. The van der Waals surface area contributed by atoms with Gasteiger partial charge >= 0.3 is 0 Å². The van der Waals surface area contributed by atoms with Gasteiger partial charge in [-0.2, -0.15) is 0 Å². The fourth-order valence-electron chi connectivity index (χ4n) is 2.58. The Labute approximate surface area is 144 Å². The number of nitrogens with zero attached hydrogens (tertiary/aromatic N) is 3. The predicted molar refractivity (Wildman–Crippen MR) is 92.7 cm³/mol. The van der Waals surface area contributed by atoms with Crippen molar-refractivity contribution in [1.82, 2.24) is 20.6 Å². The third kappa shape index (κ3) is 3.44. The Balaban J connectivity index is 1.90. The molecule has 0 saturated carbocycles. The molecular weight excluding hydrogens is 326 g/mol. The summed E-state index contributed by atoms with van der Waals surface area (Å²) in [5.74, 6) is 0.125. The van der Waals surface area contributed by atoms with Gasteiger partial charge in [0.15, 0.2) is 5.82 Å². The average molecular weight is 342 g/mol. The van der Waals surface area contributed by atoms with E-state index in [9.17, 15) is 4.79 Å². The quantitative estimate of drug-likeness (QED) is 0.742. The van der Waals surface area contributed by atoms with Crippen molar-refractivity contribution in [2.75, 3.05) is 5.32 Å². The van der Waals surface area contributed by atoms with E-state index in [0.717, 1.165) is 5.56 Å². The molecule has 1 aromatic heterocycles. The van der Waals surface area contributed by atoms with E-state index in [0.29, 0.717) is 28.5 Å². The van der Waals surface area contributed by atoms with Gasteiger partial charge in [0, 0.05) is 10.6 Å².